The highest BCUT2D eigenvalue weighted by Gasteiger charge is 2.29. The quantitative estimate of drug-likeness (QED) is 0.900. The standard InChI is InChI=1S/C18H30N2/c1-14(19)13-15-7-5-6-8-17(15)20(4)16-9-11-18(2,3)12-10-16/h5-8,14,16H,9-13,19H2,1-4H3. The molecule has 2 nitrogen and oxygen atoms in total. The molecular formula is C18H30N2. The van der Waals surface area contributed by atoms with Crippen molar-refractivity contribution in [2.75, 3.05) is 11.9 Å². The Balaban J connectivity index is 2.11. The van der Waals surface area contributed by atoms with E-state index in [0.717, 1.165) is 6.42 Å². The number of nitrogens with zero attached hydrogens (tertiary/aromatic N) is 1. The predicted molar refractivity (Wildman–Crippen MR) is 88.2 cm³/mol. The van der Waals surface area contributed by atoms with Crippen LogP contribution in [0.3, 0.4) is 0 Å². The van der Waals surface area contributed by atoms with Gasteiger partial charge in [-0.1, -0.05) is 32.0 Å². The Morgan fingerprint density at radius 2 is 1.85 bits per heavy atom. The van der Waals surface area contributed by atoms with Crippen molar-refractivity contribution >= 4 is 5.69 Å². The molecule has 0 bridgehead atoms. The maximum absolute atomic E-state index is 5.99. The number of hydrogen-bond acceptors (Lipinski definition) is 2. The van der Waals surface area contributed by atoms with Crippen molar-refractivity contribution in [2.45, 2.75) is 65.0 Å². The molecule has 0 spiro atoms. The summed E-state index contributed by atoms with van der Waals surface area (Å²) in [6, 6.07) is 9.63. The van der Waals surface area contributed by atoms with Crippen LogP contribution in [0.15, 0.2) is 24.3 Å². The Hall–Kier alpha value is -1.02. The fourth-order valence-electron chi connectivity index (χ4n) is 3.34. The monoisotopic (exact) mass is 274 g/mol. The summed E-state index contributed by atoms with van der Waals surface area (Å²) in [5, 5.41) is 0. The van der Waals surface area contributed by atoms with Gasteiger partial charge in [0.1, 0.15) is 0 Å². The Labute approximate surface area is 124 Å². The molecule has 1 aliphatic carbocycles. The second kappa shape index (κ2) is 6.17. The van der Waals surface area contributed by atoms with Crippen molar-refractivity contribution in [3.8, 4) is 0 Å². The molecule has 1 saturated carbocycles. The lowest BCUT2D eigenvalue weighted by Gasteiger charge is -2.40. The van der Waals surface area contributed by atoms with Crippen LogP contribution in [0.25, 0.3) is 0 Å². The Kier molecular flexibility index (Phi) is 4.74. The first-order valence-corrected chi connectivity index (χ1v) is 7.95. The molecule has 1 aliphatic rings. The molecule has 0 saturated heterocycles. The molecule has 0 aliphatic heterocycles. The minimum atomic E-state index is 0.217. The van der Waals surface area contributed by atoms with Gasteiger partial charge in [0.05, 0.1) is 0 Å². The second-order valence-electron chi connectivity index (χ2n) is 7.32. The lowest BCUT2D eigenvalue weighted by atomic mass is 9.75. The molecule has 2 heteroatoms. The third-order valence-corrected chi connectivity index (χ3v) is 4.77. The van der Waals surface area contributed by atoms with Gasteiger partial charge < -0.3 is 10.6 Å². The number of hydrogen-bond donors (Lipinski definition) is 1. The maximum Gasteiger partial charge on any atom is 0.0399 e. The maximum atomic E-state index is 5.99. The number of anilines is 1. The first kappa shape index (κ1) is 15.4. The number of para-hydroxylation sites is 1. The van der Waals surface area contributed by atoms with Crippen molar-refractivity contribution in [2.24, 2.45) is 11.1 Å². The van der Waals surface area contributed by atoms with Gasteiger partial charge in [-0.25, -0.2) is 0 Å². The van der Waals surface area contributed by atoms with Crippen LogP contribution in [-0.4, -0.2) is 19.1 Å². The fraction of sp³-hybridized carbons (Fsp3) is 0.667. The topological polar surface area (TPSA) is 29.3 Å². The van der Waals surface area contributed by atoms with E-state index in [1.165, 1.54) is 36.9 Å². The van der Waals surface area contributed by atoms with Gasteiger partial charge >= 0.3 is 0 Å². The van der Waals surface area contributed by atoms with E-state index in [0.29, 0.717) is 11.5 Å². The molecule has 0 amide bonds. The van der Waals surface area contributed by atoms with Gasteiger partial charge in [-0.3, -0.25) is 0 Å². The van der Waals surface area contributed by atoms with Crippen LogP contribution >= 0.6 is 0 Å². The molecule has 20 heavy (non-hydrogen) atoms. The van der Waals surface area contributed by atoms with E-state index in [-0.39, 0.29) is 6.04 Å². The Morgan fingerprint density at radius 3 is 2.45 bits per heavy atom. The van der Waals surface area contributed by atoms with Crippen molar-refractivity contribution in [1.29, 1.82) is 0 Å². The van der Waals surface area contributed by atoms with Crippen molar-refractivity contribution in [1.82, 2.24) is 0 Å². The smallest absolute Gasteiger partial charge is 0.0399 e. The van der Waals surface area contributed by atoms with Crippen LogP contribution < -0.4 is 10.6 Å². The highest BCUT2D eigenvalue weighted by atomic mass is 15.1. The summed E-state index contributed by atoms with van der Waals surface area (Å²) in [6.07, 6.45) is 6.22. The minimum Gasteiger partial charge on any atom is -0.371 e. The fourth-order valence-corrected chi connectivity index (χ4v) is 3.34. The zero-order valence-electron chi connectivity index (χ0n) is 13.5. The molecule has 2 rings (SSSR count). The van der Waals surface area contributed by atoms with Crippen molar-refractivity contribution in [3.05, 3.63) is 29.8 Å². The molecule has 0 radical (unpaired) electrons. The Bertz CT molecular complexity index is 427. The van der Waals surface area contributed by atoms with Crippen LogP contribution in [0.5, 0.6) is 0 Å². The summed E-state index contributed by atoms with van der Waals surface area (Å²) in [6.45, 7) is 6.88. The SMILES string of the molecule is CC(N)Cc1ccccc1N(C)C1CCC(C)(C)CC1. The zero-order valence-corrected chi connectivity index (χ0v) is 13.5. The van der Waals surface area contributed by atoms with Gasteiger partial charge in [-0.2, -0.15) is 0 Å². The van der Waals surface area contributed by atoms with Crippen LogP contribution in [-0.2, 0) is 6.42 Å². The van der Waals surface area contributed by atoms with Gasteiger partial charge in [-0.15, -0.1) is 0 Å². The average molecular weight is 274 g/mol. The molecule has 0 aromatic heterocycles. The summed E-state index contributed by atoms with van der Waals surface area (Å²) < 4.78 is 0. The normalized spacial score (nSPS) is 20.6. The Morgan fingerprint density at radius 1 is 1.25 bits per heavy atom. The van der Waals surface area contributed by atoms with Crippen molar-refractivity contribution < 1.29 is 0 Å². The van der Waals surface area contributed by atoms with E-state index < -0.39 is 0 Å². The van der Waals surface area contributed by atoms with Gasteiger partial charge in [0, 0.05) is 24.8 Å². The van der Waals surface area contributed by atoms with E-state index in [9.17, 15) is 0 Å². The summed E-state index contributed by atoms with van der Waals surface area (Å²) in [5.74, 6) is 0. The molecule has 1 aromatic rings. The van der Waals surface area contributed by atoms with Gasteiger partial charge in [0.15, 0.2) is 0 Å². The largest absolute Gasteiger partial charge is 0.371 e. The van der Waals surface area contributed by atoms with E-state index in [1.54, 1.807) is 0 Å². The first-order chi connectivity index (χ1) is 9.39. The summed E-state index contributed by atoms with van der Waals surface area (Å²) >= 11 is 0. The van der Waals surface area contributed by atoms with Crippen molar-refractivity contribution in [3.63, 3.8) is 0 Å². The van der Waals surface area contributed by atoms with E-state index >= 15 is 0 Å². The number of nitrogens with two attached hydrogens (primary N) is 1. The minimum absolute atomic E-state index is 0.217. The van der Waals surface area contributed by atoms with Crippen LogP contribution in [0.4, 0.5) is 5.69 Å². The molecule has 2 N–H and O–H groups in total. The third kappa shape index (κ3) is 3.76. The highest BCUT2D eigenvalue weighted by molar-refractivity contribution is 5.54. The molecule has 112 valence electrons. The lowest BCUT2D eigenvalue weighted by molar-refractivity contribution is 0.222. The van der Waals surface area contributed by atoms with E-state index in [2.05, 4.69) is 57.0 Å². The summed E-state index contributed by atoms with van der Waals surface area (Å²) in [5.41, 5.74) is 9.27. The highest BCUT2D eigenvalue weighted by Crippen LogP contribution is 2.38. The molecule has 0 heterocycles. The van der Waals surface area contributed by atoms with E-state index in [1.807, 2.05) is 0 Å². The third-order valence-electron chi connectivity index (χ3n) is 4.77. The van der Waals surface area contributed by atoms with Gasteiger partial charge in [-0.05, 0) is 56.1 Å². The van der Waals surface area contributed by atoms with Crippen LogP contribution in [0.2, 0.25) is 0 Å². The summed E-state index contributed by atoms with van der Waals surface area (Å²) in [7, 11) is 2.25. The van der Waals surface area contributed by atoms with Crippen LogP contribution in [0.1, 0.15) is 52.0 Å². The number of rotatable bonds is 4. The predicted octanol–water partition coefficient (Wildman–Crippen LogP) is 3.98. The van der Waals surface area contributed by atoms with E-state index in [4.69, 9.17) is 5.73 Å². The van der Waals surface area contributed by atoms with Crippen LogP contribution in [0, 0.1) is 5.41 Å². The van der Waals surface area contributed by atoms with Gasteiger partial charge in [0.25, 0.3) is 0 Å². The first-order valence-electron chi connectivity index (χ1n) is 7.95. The molecule has 1 aromatic carbocycles. The van der Waals surface area contributed by atoms with Gasteiger partial charge in [0.2, 0.25) is 0 Å². The lowest BCUT2D eigenvalue weighted by Crippen LogP contribution is -2.37. The second-order valence-corrected chi connectivity index (χ2v) is 7.32. The zero-order chi connectivity index (χ0) is 14.8. The molecule has 1 atom stereocenters. The molecule has 1 fully saturated rings. The summed E-state index contributed by atoms with van der Waals surface area (Å²) in [4.78, 5) is 2.49. The number of benzene rings is 1. The molecule has 1 unspecified atom stereocenters. The molecular weight excluding hydrogens is 244 g/mol. The average Bonchev–Trinajstić information content (AvgIpc) is 2.38.